The van der Waals surface area contributed by atoms with E-state index in [1.54, 1.807) is 14.2 Å². The van der Waals surface area contributed by atoms with Gasteiger partial charge in [-0.05, 0) is 38.3 Å². The summed E-state index contributed by atoms with van der Waals surface area (Å²) in [6, 6.07) is 14.1. The summed E-state index contributed by atoms with van der Waals surface area (Å²) in [4.78, 5) is 2.23. The number of aliphatic hydroxyl groups is 1. The highest BCUT2D eigenvalue weighted by Crippen LogP contribution is 2.40. The summed E-state index contributed by atoms with van der Waals surface area (Å²) in [6.07, 6.45) is 4.34. The van der Waals surface area contributed by atoms with Gasteiger partial charge < -0.3 is 14.6 Å². The van der Waals surface area contributed by atoms with Gasteiger partial charge >= 0.3 is 0 Å². The molecular weight excluding hydrogens is 352 g/mol. The molecule has 5 nitrogen and oxygen atoms in total. The van der Waals surface area contributed by atoms with E-state index in [2.05, 4.69) is 28.5 Å². The standard InChI is InChI=1S/C23H29N2O3/c1-17-8-10-18(11-9-17)23(26)16-24(22-7-5-4-6-14-25(22)23)20-13-12-19(27-2)15-21(20)28-3/h8-13,15,26H,4-7,14,16H2,1-3H3/q+1. The van der Waals surface area contributed by atoms with E-state index in [0.29, 0.717) is 6.54 Å². The molecule has 0 radical (unpaired) electrons. The molecule has 0 aromatic heterocycles. The fraction of sp³-hybridized carbons (Fsp3) is 0.435. The van der Waals surface area contributed by atoms with Crippen LogP contribution in [0.15, 0.2) is 42.5 Å². The van der Waals surface area contributed by atoms with Crippen molar-refractivity contribution in [2.75, 3.05) is 32.2 Å². The van der Waals surface area contributed by atoms with E-state index < -0.39 is 5.72 Å². The number of rotatable bonds is 4. The number of nitrogens with zero attached hydrogens (tertiary/aromatic N) is 2. The molecule has 28 heavy (non-hydrogen) atoms. The summed E-state index contributed by atoms with van der Waals surface area (Å²) in [5, 5.41) is 11.9. The predicted molar refractivity (Wildman–Crippen MR) is 111 cm³/mol. The fourth-order valence-electron chi connectivity index (χ4n) is 4.37. The summed E-state index contributed by atoms with van der Waals surface area (Å²) >= 11 is 0. The lowest BCUT2D eigenvalue weighted by molar-refractivity contribution is -0.658. The van der Waals surface area contributed by atoms with Crippen LogP contribution in [0.25, 0.3) is 0 Å². The zero-order chi connectivity index (χ0) is 19.7. The van der Waals surface area contributed by atoms with Crippen molar-refractivity contribution in [2.45, 2.75) is 38.3 Å². The van der Waals surface area contributed by atoms with Crippen molar-refractivity contribution < 1.29 is 19.2 Å². The van der Waals surface area contributed by atoms with Gasteiger partial charge in [0.05, 0.1) is 20.8 Å². The molecule has 0 amide bonds. The maximum absolute atomic E-state index is 11.9. The largest absolute Gasteiger partial charge is 0.497 e. The number of amidine groups is 1. The number of ether oxygens (including phenoxy) is 2. The Morgan fingerprint density at radius 3 is 2.50 bits per heavy atom. The van der Waals surface area contributed by atoms with Crippen molar-refractivity contribution in [2.24, 2.45) is 0 Å². The van der Waals surface area contributed by atoms with E-state index in [1.165, 1.54) is 17.8 Å². The van der Waals surface area contributed by atoms with E-state index >= 15 is 0 Å². The number of hydrogen-bond acceptors (Lipinski definition) is 4. The van der Waals surface area contributed by atoms with Crippen molar-refractivity contribution in [3.05, 3.63) is 53.6 Å². The third-order valence-corrected chi connectivity index (χ3v) is 5.92. The van der Waals surface area contributed by atoms with Crippen LogP contribution in [0.3, 0.4) is 0 Å². The van der Waals surface area contributed by atoms with Crippen LogP contribution in [-0.2, 0) is 5.72 Å². The van der Waals surface area contributed by atoms with Gasteiger partial charge in [-0.25, -0.2) is 9.48 Å². The second kappa shape index (κ2) is 7.47. The van der Waals surface area contributed by atoms with Crippen molar-refractivity contribution >= 4 is 11.5 Å². The summed E-state index contributed by atoms with van der Waals surface area (Å²) in [5.74, 6) is 2.68. The molecule has 1 unspecified atom stereocenters. The first-order chi connectivity index (χ1) is 13.6. The second-order valence-corrected chi connectivity index (χ2v) is 7.69. The van der Waals surface area contributed by atoms with Crippen LogP contribution in [0, 0.1) is 6.92 Å². The molecule has 0 bridgehead atoms. The first-order valence-corrected chi connectivity index (χ1v) is 9.99. The van der Waals surface area contributed by atoms with Crippen LogP contribution in [0.5, 0.6) is 11.5 Å². The Morgan fingerprint density at radius 1 is 1.00 bits per heavy atom. The van der Waals surface area contributed by atoms with Gasteiger partial charge in [-0.2, -0.15) is 0 Å². The molecular formula is C23H29N2O3+. The van der Waals surface area contributed by atoms with Gasteiger partial charge in [-0.15, -0.1) is 0 Å². The summed E-state index contributed by atoms with van der Waals surface area (Å²) in [6.45, 7) is 3.41. The SMILES string of the molecule is COc1ccc(N2CC(O)(c3ccc(C)cc3)[N+]3=C2CCCCC3)c(OC)c1. The van der Waals surface area contributed by atoms with Gasteiger partial charge in [0.15, 0.2) is 18.0 Å². The first kappa shape index (κ1) is 18.8. The molecule has 2 aromatic rings. The first-order valence-electron chi connectivity index (χ1n) is 9.99. The summed E-state index contributed by atoms with van der Waals surface area (Å²) in [5.41, 5.74) is 2.05. The molecule has 0 saturated carbocycles. The Bertz CT molecular complexity index is 891. The molecule has 2 heterocycles. The molecule has 2 aliphatic heterocycles. The smallest absolute Gasteiger partial charge is 0.271 e. The number of benzene rings is 2. The van der Waals surface area contributed by atoms with Gasteiger partial charge in [0.2, 0.25) is 0 Å². The minimum absolute atomic E-state index is 0.480. The molecule has 2 aromatic carbocycles. The molecule has 4 rings (SSSR count). The highest BCUT2D eigenvalue weighted by molar-refractivity contribution is 5.97. The molecule has 0 saturated heterocycles. The molecule has 5 heteroatoms. The molecule has 0 spiro atoms. The molecule has 1 N–H and O–H groups in total. The molecule has 148 valence electrons. The highest BCUT2D eigenvalue weighted by Gasteiger charge is 2.52. The van der Waals surface area contributed by atoms with E-state index in [0.717, 1.165) is 48.6 Å². The Morgan fingerprint density at radius 2 is 1.79 bits per heavy atom. The van der Waals surface area contributed by atoms with Crippen molar-refractivity contribution in [1.82, 2.24) is 0 Å². The van der Waals surface area contributed by atoms with Gasteiger partial charge in [-0.3, -0.25) is 0 Å². The van der Waals surface area contributed by atoms with E-state index in [4.69, 9.17) is 9.47 Å². The Balaban J connectivity index is 1.82. The molecule has 1 atom stereocenters. The average Bonchev–Trinajstić information content (AvgIpc) is 2.87. The monoisotopic (exact) mass is 381 g/mol. The quantitative estimate of drug-likeness (QED) is 0.821. The van der Waals surface area contributed by atoms with Crippen molar-refractivity contribution in [3.8, 4) is 11.5 Å². The number of methoxy groups -OCH3 is 2. The third-order valence-electron chi connectivity index (χ3n) is 5.92. The Kier molecular flexibility index (Phi) is 5.02. The topological polar surface area (TPSA) is 44.9 Å². The average molecular weight is 381 g/mol. The van der Waals surface area contributed by atoms with Gasteiger partial charge in [0, 0.05) is 18.1 Å². The Labute approximate surface area is 166 Å². The van der Waals surface area contributed by atoms with Crippen LogP contribution in [0.1, 0.15) is 36.8 Å². The minimum atomic E-state index is -1.04. The third kappa shape index (κ3) is 3.14. The van der Waals surface area contributed by atoms with E-state index in [9.17, 15) is 5.11 Å². The van der Waals surface area contributed by atoms with Crippen LogP contribution in [0.2, 0.25) is 0 Å². The van der Waals surface area contributed by atoms with Crippen LogP contribution in [-0.4, -0.2) is 42.8 Å². The highest BCUT2D eigenvalue weighted by atomic mass is 16.5. The second-order valence-electron chi connectivity index (χ2n) is 7.69. The molecule has 0 fully saturated rings. The number of aryl methyl sites for hydroxylation is 1. The number of β-amino-alcohol motifs (C(OH)–C–C–N with tert-alkyl or cyclic N) is 1. The zero-order valence-corrected chi connectivity index (χ0v) is 16.9. The lowest BCUT2D eigenvalue weighted by Crippen LogP contribution is -2.41. The van der Waals surface area contributed by atoms with Crippen LogP contribution < -0.4 is 14.4 Å². The molecule has 0 aliphatic carbocycles. The van der Waals surface area contributed by atoms with Crippen molar-refractivity contribution in [1.29, 1.82) is 0 Å². The normalized spacial score (nSPS) is 22.1. The predicted octanol–water partition coefficient (Wildman–Crippen LogP) is 3.66. The van der Waals surface area contributed by atoms with Gasteiger partial charge in [-0.1, -0.05) is 29.8 Å². The summed E-state index contributed by atoms with van der Waals surface area (Å²) < 4.78 is 13.2. The lowest BCUT2D eigenvalue weighted by Gasteiger charge is -2.24. The Hall–Kier alpha value is -2.53. The number of anilines is 1. The van der Waals surface area contributed by atoms with Crippen molar-refractivity contribution in [3.63, 3.8) is 0 Å². The number of hydrogen-bond donors (Lipinski definition) is 1. The lowest BCUT2D eigenvalue weighted by atomic mass is 10.0. The van der Waals surface area contributed by atoms with Crippen LogP contribution >= 0.6 is 0 Å². The van der Waals surface area contributed by atoms with Crippen LogP contribution in [0.4, 0.5) is 5.69 Å². The van der Waals surface area contributed by atoms with Gasteiger partial charge in [0.1, 0.15) is 5.75 Å². The maximum Gasteiger partial charge on any atom is 0.271 e. The summed E-state index contributed by atoms with van der Waals surface area (Å²) in [7, 11) is 3.33. The van der Waals surface area contributed by atoms with E-state index in [1.807, 2.05) is 30.3 Å². The zero-order valence-electron chi connectivity index (χ0n) is 16.9. The van der Waals surface area contributed by atoms with Gasteiger partial charge in [0.25, 0.3) is 11.6 Å². The minimum Gasteiger partial charge on any atom is -0.497 e. The molecule has 2 aliphatic rings. The van der Waals surface area contributed by atoms with E-state index in [-0.39, 0.29) is 0 Å². The fourth-order valence-corrected chi connectivity index (χ4v) is 4.37. The maximum atomic E-state index is 11.9.